The molecular weight excluding hydrogens is 314 g/mol. The van der Waals surface area contributed by atoms with Gasteiger partial charge in [-0.1, -0.05) is 24.3 Å². The molecule has 1 amide bonds. The normalized spacial score (nSPS) is 20.5. The minimum atomic E-state index is -0.220. The smallest absolute Gasteiger partial charge is 0.263 e. The third-order valence-electron chi connectivity index (χ3n) is 5.48. The van der Waals surface area contributed by atoms with Crippen LogP contribution in [-0.2, 0) is 20.0 Å². The van der Waals surface area contributed by atoms with Crippen molar-refractivity contribution in [2.45, 2.75) is 25.4 Å². The number of aromatic nitrogens is 1. The molecule has 1 aromatic heterocycles. The maximum atomic E-state index is 12.7. The monoisotopic (exact) mass is 337 g/mol. The first-order valence-electron chi connectivity index (χ1n) is 8.89. The fourth-order valence-electron chi connectivity index (χ4n) is 3.98. The number of rotatable bonds is 2. The molecule has 130 valence electrons. The minimum absolute atomic E-state index is 0.138. The number of likely N-dealkylation sites (tertiary alicyclic amines) is 1. The molecule has 5 heteroatoms. The Labute approximate surface area is 147 Å². The summed E-state index contributed by atoms with van der Waals surface area (Å²) in [5, 5.41) is 0. The van der Waals surface area contributed by atoms with E-state index in [1.165, 1.54) is 15.7 Å². The molecule has 5 nitrogen and oxygen atoms in total. The van der Waals surface area contributed by atoms with Gasteiger partial charge in [-0.25, -0.2) is 0 Å². The summed E-state index contributed by atoms with van der Waals surface area (Å²) in [5.41, 5.74) is 2.89. The van der Waals surface area contributed by atoms with Crippen LogP contribution in [0, 0.1) is 0 Å². The maximum Gasteiger partial charge on any atom is 0.263 e. The van der Waals surface area contributed by atoms with Gasteiger partial charge in [-0.05, 0) is 36.1 Å². The van der Waals surface area contributed by atoms with Crippen LogP contribution >= 0.6 is 0 Å². The van der Waals surface area contributed by atoms with E-state index in [2.05, 4.69) is 29.2 Å². The first kappa shape index (κ1) is 16.1. The SMILES string of the molecule is Cn1cccc(C(=O)N2CCC(N3CCc4ccccc4C3)C2)c1=O. The minimum Gasteiger partial charge on any atom is -0.337 e. The molecule has 0 saturated carbocycles. The van der Waals surface area contributed by atoms with Crippen molar-refractivity contribution < 1.29 is 4.79 Å². The molecule has 1 unspecified atom stereocenters. The van der Waals surface area contributed by atoms with Gasteiger partial charge in [-0.2, -0.15) is 0 Å². The quantitative estimate of drug-likeness (QED) is 0.837. The summed E-state index contributed by atoms with van der Waals surface area (Å²) in [6, 6.07) is 12.4. The lowest BCUT2D eigenvalue weighted by Gasteiger charge is -2.33. The molecule has 3 heterocycles. The molecule has 0 N–H and O–H groups in total. The second-order valence-electron chi connectivity index (χ2n) is 7.02. The molecule has 2 aliphatic rings. The predicted octanol–water partition coefficient (Wildman–Crippen LogP) is 1.66. The van der Waals surface area contributed by atoms with Crippen molar-refractivity contribution >= 4 is 5.91 Å². The summed E-state index contributed by atoms with van der Waals surface area (Å²) in [6.45, 7) is 3.42. The van der Waals surface area contributed by atoms with E-state index in [0.29, 0.717) is 12.6 Å². The number of carbonyl (C=O) groups is 1. The van der Waals surface area contributed by atoms with Gasteiger partial charge in [0.05, 0.1) is 0 Å². The zero-order valence-electron chi connectivity index (χ0n) is 14.5. The van der Waals surface area contributed by atoms with Crippen LogP contribution in [0.1, 0.15) is 27.9 Å². The lowest BCUT2D eigenvalue weighted by molar-refractivity contribution is 0.0771. The van der Waals surface area contributed by atoms with Crippen LogP contribution in [0.25, 0.3) is 0 Å². The molecule has 4 rings (SSSR count). The van der Waals surface area contributed by atoms with Crippen molar-refractivity contribution in [3.63, 3.8) is 0 Å². The number of nitrogens with zero attached hydrogens (tertiary/aromatic N) is 3. The van der Waals surface area contributed by atoms with E-state index in [1.807, 2.05) is 4.90 Å². The number of amides is 1. The predicted molar refractivity (Wildman–Crippen MR) is 96.5 cm³/mol. The Morgan fingerprint density at radius 2 is 1.88 bits per heavy atom. The van der Waals surface area contributed by atoms with Gasteiger partial charge in [0.25, 0.3) is 11.5 Å². The fraction of sp³-hybridized carbons (Fsp3) is 0.400. The van der Waals surface area contributed by atoms with Crippen molar-refractivity contribution in [2.24, 2.45) is 7.05 Å². The van der Waals surface area contributed by atoms with Gasteiger partial charge < -0.3 is 9.47 Å². The van der Waals surface area contributed by atoms with Gasteiger partial charge in [0, 0.05) is 45.5 Å². The number of hydrogen-bond donors (Lipinski definition) is 0. The average Bonchev–Trinajstić information content (AvgIpc) is 3.13. The van der Waals surface area contributed by atoms with Crippen LogP contribution in [0.5, 0.6) is 0 Å². The van der Waals surface area contributed by atoms with Gasteiger partial charge in [-0.15, -0.1) is 0 Å². The van der Waals surface area contributed by atoms with Gasteiger partial charge in [-0.3, -0.25) is 14.5 Å². The Kier molecular flexibility index (Phi) is 4.17. The summed E-state index contributed by atoms with van der Waals surface area (Å²) in [7, 11) is 1.68. The van der Waals surface area contributed by atoms with Crippen molar-refractivity contribution in [3.8, 4) is 0 Å². The molecule has 1 aromatic carbocycles. The summed E-state index contributed by atoms with van der Waals surface area (Å²) < 4.78 is 1.46. The first-order chi connectivity index (χ1) is 12.1. The van der Waals surface area contributed by atoms with Crippen LogP contribution in [-0.4, -0.2) is 46.0 Å². The molecule has 2 aliphatic heterocycles. The maximum absolute atomic E-state index is 12.7. The third-order valence-corrected chi connectivity index (χ3v) is 5.48. The second-order valence-corrected chi connectivity index (χ2v) is 7.02. The summed E-state index contributed by atoms with van der Waals surface area (Å²) >= 11 is 0. The second kappa shape index (κ2) is 6.48. The van der Waals surface area contributed by atoms with E-state index in [0.717, 1.165) is 32.5 Å². The largest absolute Gasteiger partial charge is 0.337 e. The lowest BCUT2D eigenvalue weighted by atomic mass is 9.98. The number of aryl methyl sites for hydroxylation is 1. The highest BCUT2D eigenvalue weighted by Gasteiger charge is 2.33. The fourth-order valence-corrected chi connectivity index (χ4v) is 3.98. The average molecular weight is 337 g/mol. The van der Waals surface area contributed by atoms with E-state index >= 15 is 0 Å². The molecule has 0 aliphatic carbocycles. The number of fused-ring (bicyclic) bond motifs is 1. The molecule has 1 fully saturated rings. The molecule has 25 heavy (non-hydrogen) atoms. The summed E-state index contributed by atoms with van der Waals surface area (Å²) in [6.07, 6.45) is 3.72. The van der Waals surface area contributed by atoms with E-state index in [9.17, 15) is 9.59 Å². The zero-order valence-corrected chi connectivity index (χ0v) is 14.5. The van der Waals surface area contributed by atoms with Crippen LogP contribution in [0.3, 0.4) is 0 Å². The van der Waals surface area contributed by atoms with E-state index < -0.39 is 0 Å². The Bertz CT molecular complexity index is 858. The first-order valence-corrected chi connectivity index (χ1v) is 8.89. The Balaban J connectivity index is 1.46. The van der Waals surface area contributed by atoms with Crippen LogP contribution in [0.2, 0.25) is 0 Å². The molecule has 1 saturated heterocycles. The summed E-state index contributed by atoms with van der Waals surface area (Å²) in [4.78, 5) is 29.3. The molecule has 0 spiro atoms. The van der Waals surface area contributed by atoms with Gasteiger partial charge in [0.2, 0.25) is 0 Å². The number of pyridine rings is 1. The highest BCUT2D eigenvalue weighted by atomic mass is 16.2. The van der Waals surface area contributed by atoms with Crippen LogP contribution in [0.4, 0.5) is 0 Å². The molecule has 0 bridgehead atoms. The summed E-state index contributed by atoms with van der Waals surface area (Å²) in [5.74, 6) is -0.138. The molecular formula is C20H23N3O2. The lowest BCUT2D eigenvalue weighted by Crippen LogP contribution is -2.42. The number of hydrogen-bond acceptors (Lipinski definition) is 3. The van der Waals surface area contributed by atoms with Gasteiger partial charge in [0.1, 0.15) is 5.56 Å². The van der Waals surface area contributed by atoms with E-state index in [-0.39, 0.29) is 17.0 Å². The highest BCUT2D eigenvalue weighted by Crippen LogP contribution is 2.24. The van der Waals surface area contributed by atoms with Crippen LogP contribution < -0.4 is 5.56 Å². The third kappa shape index (κ3) is 3.00. The standard InChI is InChI=1S/C20H23N3O2/c1-21-10-4-7-18(19(21)24)20(25)23-12-9-17(14-23)22-11-8-15-5-2-3-6-16(15)13-22/h2-7,10,17H,8-9,11-14H2,1H3. The van der Waals surface area contributed by atoms with E-state index in [1.54, 1.807) is 25.4 Å². The Hall–Kier alpha value is -2.40. The molecule has 2 aromatic rings. The Morgan fingerprint density at radius 3 is 2.72 bits per heavy atom. The molecule has 0 radical (unpaired) electrons. The van der Waals surface area contributed by atoms with Crippen molar-refractivity contribution in [3.05, 3.63) is 69.6 Å². The number of carbonyl (C=O) groups excluding carboxylic acids is 1. The van der Waals surface area contributed by atoms with Crippen LogP contribution in [0.15, 0.2) is 47.4 Å². The highest BCUT2D eigenvalue weighted by molar-refractivity contribution is 5.94. The van der Waals surface area contributed by atoms with E-state index in [4.69, 9.17) is 0 Å². The number of benzene rings is 1. The van der Waals surface area contributed by atoms with Crippen molar-refractivity contribution in [2.75, 3.05) is 19.6 Å². The Morgan fingerprint density at radius 1 is 1.08 bits per heavy atom. The molecule has 1 atom stereocenters. The van der Waals surface area contributed by atoms with Crippen molar-refractivity contribution in [1.82, 2.24) is 14.4 Å². The zero-order chi connectivity index (χ0) is 17.4. The van der Waals surface area contributed by atoms with Gasteiger partial charge >= 0.3 is 0 Å². The topological polar surface area (TPSA) is 45.6 Å². The van der Waals surface area contributed by atoms with Crippen molar-refractivity contribution in [1.29, 1.82) is 0 Å². The van der Waals surface area contributed by atoms with Gasteiger partial charge in [0.15, 0.2) is 0 Å².